The molecule has 0 aromatic carbocycles. The third-order valence-corrected chi connectivity index (χ3v) is 3.80. The minimum Gasteiger partial charge on any atom is -0.360 e. The maximum atomic E-state index is 12.3. The van der Waals surface area contributed by atoms with Crippen LogP contribution in [0.25, 0.3) is 0 Å². The number of amides is 1. The van der Waals surface area contributed by atoms with Crippen LogP contribution in [-0.4, -0.2) is 40.6 Å². The number of nitrogens with zero attached hydrogens (tertiary/aromatic N) is 3. The van der Waals surface area contributed by atoms with Crippen molar-refractivity contribution in [2.45, 2.75) is 46.6 Å². The van der Waals surface area contributed by atoms with Crippen molar-refractivity contribution < 1.29 is 4.79 Å². The number of hydrogen-bond acceptors (Lipinski definition) is 5. The van der Waals surface area contributed by atoms with Crippen LogP contribution in [0.4, 0.5) is 5.13 Å². The molecule has 1 atom stereocenters. The van der Waals surface area contributed by atoms with Gasteiger partial charge in [-0.1, -0.05) is 32.1 Å². The molecular weight excluding hydrogens is 260 g/mol. The lowest BCUT2D eigenvalue weighted by Crippen LogP contribution is -2.35. The molecule has 0 aliphatic heterocycles. The van der Waals surface area contributed by atoms with Crippen LogP contribution in [0.5, 0.6) is 0 Å². The zero-order valence-corrected chi connectivity index (χ0v) is 13.3. The van der Waals surface area contributed by atoms with Gasteiger partial charge < -0.3 is 10.2 Å². The second kappa shape index (κ2) is 7.43. The summed E-state index contributed by atoms with van der Waals surface area (Å²) in [4.78, 5) is 14.0. The summed E-state index contributed by atoms with van der Waals surface area (Å²) in [5, 5.41) is 12.3. The third-order valence-electron chi connectivity index (χ3n) is 2.93. The van der Waals surface area contributed by atoms with Crippen molar-refractivity contribution in [2.75, 3.05) is 18.9 Å². The minimum atomic E-state index is -0.0461. The molecule has 0 radical (unpaired) electrons. The van der Waals surface area contributed by atoms with E-state index in [4.69, 9.17) is 0 Å². The lowest BCUT2D eigenvalue weighted by molar-refractivity contribution is 0.0727. The van der Waals surface area contributed by atoms with Crippen LogP contribution in [0.1, 0.15) is 50.3 Å². The largest absolute Gasteiger partial charge is 0.360 e. The van der Waals surface area contributed by atoms with E-state index in [1.54, 1.807) is 4.90 Å². The van der Waals surface area contributed by atoms with Crippen LogP contribution < -0.4 is 5.32 Å². The average molecular weight is 284 g/mol. The molecular formula is C13H24N4OS. The fraction of sp³-hybridized carbons (Fsp3) is 0.769. The van der Waals surface area contributed by atoms with Gasteiger partial charge in [0.05, 0.1) is 0 Å². The smallest absolute Gasteiger partial charge is 0.284 e. The number of aromatic nitrogens is 2. The Labute approximate surface area is 119 Å². The summed E-state index contributed by atoms with van der Waals surface area (Å²) in [6.07, 6.45) is 2.01. The highest BCUT2D eigenvalue weighted by Gasteiger charge is 2.21. The first-order chi connectivity index (χ1) is 8.95. The van der Waals surface area contributed by atoms with Gasteiger partial charge in [-0.2, -0.15) is 0 Å². The molecule has 1 unspecified atom stereocenters. The molecule has 108 valence electrons. The average Bonchev–Trinajstić information content (AvgIpc) is 2.82. The Balaban J connectivity index is 2.63. The molecule has 0 spiro atoms. The van der Waals surface area contributed by atoms with E-state index in [0.717, 1.165) is 24.5 Å². The monoisotopic (exact) mass is 284 g/mol. The van der Waals surface area contributed by atoms with E-state index in [1.165, 1.54) is 11.3 Å². The third kappa shape index (κ3) is 4.78. The first-order valence-corrected chi connectivity index (χ1v) is 7.61. The van der Waals surface area contributed by atoms with Gasteiger partial charge in [0.2, 0.25) is 10.1 Å². The Morgan fingerprint density at radius 2 is 2.05 bits per heavy atom. The van der Waals surface area contributed by atoms with Gasteiger partial charge in [-0.15, -0.1) is 10.2 Å². The lowest BCUT2D eigenvalue weighted by Gasteiger charge is -2.25. The van der Waals surface area contributed by atoms with E-state index in [9.17, 15) is 4.79 Å². The van der Waals surface area contributed by atoms with E-state index in [1.807, 2.05) is 7.05 Å². The molecule has 1 aromatic heterocycles. The van der Waals surface area contributed by atoms with Crippen molar-refractivity contribution in [3.63, 3.8) is 0 Å². The zero-order valence-electron chi connectivity index (χ0n) is 12.4. The normalized spacial score (nSPS) is 12.5. The number of carbonyl (C=O) groups is 1. The van der Waals surface area contributed by atoms with E-state index >= 15 is 0 Å². The van der Waals surface area contributed by atoms with Crippen molar-refractivity contribution in [1.29, 1.82) is 0 Å². The highest BCUT2D eigenvalue weighted by Crippen LogP contribution is 2.18. The Bertz CT molecular complexity index is 405. The highest BCUT2D eigenvalue weighted by atomic mass is 32.1. The zero-order chi connectivity index (χ0) is 14.4. The van der Waals surface area contributed by atoms with E-state index in [2.05, 4.69) is 43.2 Å². The van der Waals surface area contributed by atoms with Crippen LogP contribution in [0.2, 0.25) is 0 Å². The standard InChI is InChI=1S/C13H24N4OS/c1-6-7-14-13-16-15-11(19-13)12(18)17(5)10(4)8-9(2)3/h9-10H,6-8H2,1-5H3,(H,14,16). The minimum absolute atomic E-state index is 0.0461. The predicted octanol–water partition coefficient (Wildman–Crippen LogP) is 2.87. The van der Waals surface area contributed by atoms with Crippen LogP contribution in [0.15, 0.2) is 0 Å². The molecule has 0 fully saturated rings. The van der Waals surface area contributed by atoms with Gasteiger partial charge in [-0.25, -0.2) is 0 Å². The van der Waals surface area contributed by atoms with Crippen molar-refractivity contribution in [3.05, 3.63) is 5.01 Å². The summed E-state index contributed by atoms with van der Waals surface area (Å²) < 4.78 is 0. The lowest BCUT2D eigenvalue weighted by atomic mass is 10.0. The molecule has 1 aromatic rings. The molecule has 0 aliphatic rings. The summed E-state index contributed by atoms with van der Waals surface area (Å²) in [7, 11) is 1.83. The first kappa shape index (κ1) is 15.9. The summed E-state index contributed by atoms with van der Waals surface area (Å²) in [5.74, 6) is 0.525. The Morgan fingerprint density at radius 1 is 1.37 bits per heavy atom. The fourth-order valence-corrected chi connectivity index (χ4v) is 2.56. The first-order valence-electron chi connectivity index (χ1n) is 6.80. The molecule has 19 heavy (non-hydrogen) atoms. The Hall–Kier alpha value is -1.17. The summed E-state index contributed by atoms with van der Waals surface area (Å²) >= 11 is 1.32. The molecule has 0 saturated carbocycles. The maximum Gasteiger partial charge on any atom is 0.284 e. The van der Waals surface area contributed by atoms with Crippen LogP contribution >= 0.6 is 11.3 Å². The predicted molar refractivity (Wildman–Crippen MR) is 79.7 cm³/mol. The quantitative estimate of drug-likeness (QED) is 0.836. The van der Waals surface area contributed by atoms with Gasteiger partial charge in [0.25, 0.3) is 5.91 Å². The van der Waals surface area contributed by atoms with Crippen molar-refractivity contribution in [3.8, 4) is 0 Å². The molecule has 6 heteroatoms. The molecule has 5 nitrogen and oxygen atoms in total. The molecule has 1 N–H and O–H groups in total. The van der Waals surface area contributed by atoms with Gasteiger partial charge in [-0.3, -0.25) is 4.79 Å². The fourth-order valence-electron chi connectivity index (χ4n) is 1.80. The number of carbonyl (C=O) groups excluding carboxylic acids is 1. The molecule has 0 aliphatic carbocycles. The van der Waals surface area contributed by atoms with E-state index < -0.39 is 0 Å². The topological polar surface area (TPSA) is 58.1 Å². The number of anilines is 1. The number of nitrogens with one attached hydrogen (secondary N) is 1. The Kier molecular flexibility index (Phi) is 6.21. The summed E-state index contributed by atoms with van der Waals surface area (Å²) in [6.45, 7) is 9.32. The van der Waals surface area contributed by atoms with Gasteiger partial charge in [-0.05, 0) is 25.7 Å². The van der Waals surface area contributed by atoms with Gasteiger partial charge in [0, 0.05) is 19.6 Å². The van der Waals surface area contributed by atoms with E-state index in [0.29, 0.717) is 10.9 Å². The van der Waals surface area contributed by atoms with Crippen molar-refractivity contribution in [1.82, 2.24) is 15.1 Å². The highest BCUT2D eigenvalue weighted by molar-refractivity contribution is 7.17. The molecule has 1 amide bonds. The second-order valence-corrected chi connectivity index (χ2v) is 6.21. The Morgan fingerprint density at radius 3 is 2.63 bits per heavy atom. The molecule has 0 bridgehead atoms. The SMILES string of the molecule is CCCNc1nnc(C(=O)N(C)C(C)CC(C)C)s1. The van der Waals surface area contributed by atoms with Crippen molar-refractivity contribution in [2.24, 2.45) is 5.92 Å². The van der Waals surface area contributed by atoms with Crippen molar-refractivity contribution >= 4 is 22.4 Å². The summed E-state index contributed by atoms with van der Waals surface area (Å²) in [6, 6.07) is 0.212. The maximum absolute atomic E-state index is 12.3. The number of rotatable bonds is 7. The summed E-state index contributed by atoms with van der Waals surface area (Å²) in [5.41, 5.74) is 0. The molecule has 1 rings (SSSR count). The van der Waals surface area contributed by atoms with Crippen LogP contribution in [0.3, 0.4) is 0 Å². The molecule has 1 heterocycles. The van der Waals surface area contributed by atoms with Crippen LogP contribution in [0, 0.1) is 5.92 Å². The van der Waals surface area contributed by atoms with Gasteiger partial charge >= 0.3 is 0 Å². The van der Waals surface area contributed by atoms with Gasteiger partial charge in [0.15, 0.2) is 0 Å². The van der Waals surface area contributed by atoms with E-state index in [-0.39, 0.29) is 11.9 Å². The molecule has 0 saturated heterocycles. The van der Waals surface area contributed by atoms with Gasteiger partial charge in [0.1, 0.15) is 0 Å². The van der Waals surface area contributed by atoms with Crippen LogP contribution in [-0.2, 0) is 0 Å². The number of hydrogen-bond donors (Lipinski definition) is 1. The second-order valence-electron chi connectivity index (χ2n) is 5.23.